The number of nitrogens with zero attached hydrogens (tertiary/aromatic N) is 2. The molecule has 0 unspecified atom stereocenters. The number of methoxy groups -OCH3 is 1. The molecule has 3 aromatic rings. The van der Waals surface area contributed by atoms with Gasteiger partial charge >= 0.3 is 0 Å². The van der Waals surface area contributed by atoms with Crippen molar-refractivity contribution in [3.63, 3.8) is 0 Å². The Labute approximate surface area is 194 Å². The molecule has 2 heterocycles. The molecular formula is C25H21BrN2O4. The molecule has 32 heavy (non-hydrogen) atoms. The predicted octanol–water partition coefficient (Wildman–Crippen LogP) is 4.82. The number of fused-ring (bicyclic) bond motifs is 1. The van der Waals surface area contributed by atoms with E-state index in [1.54, 1.807) is 18.2 Å². The summed E-state index contributed by atoms with van der Waals surface area (Å²) in [5, 5.41) is 1.69. The van der Waals surface area contributed by atoms with Crippen LogP contribution in [0.5, 0.6) is 5.75 Å². The van der Waals surface area contributed by atoms with Crippen molar-refractivity contribution in [1.82, 2.24) is 0 Å². The minimum absolute atomic E-state index is 0.263. The highest BCUT2D eigenvalue weighted by atomic mass is 79.9. The first-order valence-electron chi connectivity index (χ1n) is 10.3. The van der Waals surface area contributed by atoms with Gasteiger partial charge in [-0.3, -0.25) is 14.4 Å². The maximum atomic E-state index is 13.6. The van der Waals surface area contributed by atoms with Crippen LogP contribution in [-0.2, 0) is 14.4 Å². The summed E-state index contributed by atoms with van der Waals surface area (Å²) in [6.45, 7) is 1.93. The standard InChI is InChI=1S/C25H21BrN2O4/c1-15-7-6-10-18(13-15)27-24(29)21-22(16-11-12-20(31-2)19(26)14-16)28(32-23(21)25(27)30)17-8-4-3-5-9-17/h3-14,21-23H,1-2H3/t21-,22+,23-/m0/s1. The molecule has 0 N–H and O–H groups in total. The maximum absolute atomic E-state index is 13.6. The number of halogens is 1. The van der Waals surface area contributed by atoms with Crippen LogP contribution in [0.2, 0.25) is 0 Å². The van der Waals surface area contributed by atoms with Crippen molar-refractivity contribution < 1.29 is 19.2 Å². The largest absolute Gasteiger partial charge is 0.496 e. The summed E-state index contributed by atoms with van der Waals surface area (Å²) in [6.07, 6.45) is -0.894. The lowest BCUT2D eigenvalue weighted by Gasteiger charge is -2.29. The van der Waals surface area contributed by atoms with Gasteiger partial charge in [-0.1, -0.05) is 36.4 Å². The minimum Gasteiger partial charge on any atom is -0.496 e. The first kappa shape index (κ1) is 20.7. The Morgan fingerprint density at radius 1 is 0.906 bits per heavy atom. The number of anilines is 2. The van der Waals surface area contributed by atoms with Crippen LogP contribution < -0.4 is 14.7 Å². The fraction of sp³-hybridized carbons (Fsp3) is 0.200. The number of rotatable bonds is 4. The molecule has 6 nitrogen and oxygen atoms in total. The molecule has 2 aliphatic heterocycles. The highest BCUT2D eigenvalue weighted by Gasteiger charge is 2.60. The highest BCUT2D eigenvalue weighted by molar-refractivity contribution is 9.10. The molecule has 0 saturated carbocycles. The zero-order valence-corrected chi connectivity index (χ0v) is 19.2. The second-order valence-corrected chi connectivity index (χ2v) is 8.76. The van der Waals surface area contributed by atoms with E-state index >= 15 is 0 Å². The molecule has 162 valence electrons. The van der Waals surface area contributed by atoms with Gasteiger partial charge in [0.25, 0.3) is 5.91 Å². The number of para-hydroxylation sites is 1. The molecule has 2 amide bonds. The lowest BCUT2D eigenvalue weighted by atomic mass is 9.90. The summed E-state index contributed by atoms with van der Waals surface area (Å²) in [5.74, 6) is -0.600. The monoisotopic (exact) mass is 492 g/mol. The second kappa shape index (κ2) is 8.07. The van der Waals surface area contributed by atoms with Crippen molar-refractivity contribution in [2.45, 2.75) is 19.1 Å². The van der Waals surface area contributed by atoms with E-state index in [1.807, 2.05) is 73.7 Å². The van der Waals surface area contributed by atoms with Gasteiger partial charge in [0.2, 0.25) is 5.91 Å². The Morgan fingerprint density at radius 3 is 2.34 bits per heavy atom. The van der Waals surface area contributed by atoms with E-state index in [0.29, 0.717) is 11.4 Å². The van der Waals surface area contributed by atoms with Gasteiger partial charge in [0.1, 0.15) is 11.7 Å². The van der Waals surface area contributed by atoms with Crippen molar-refractivity contribution in [3.8, 4) is 5.75 Å². The number of aryl methyl sites for hydroxylation is 1. The molecule has 3 aromatic carbocycles. The van der Waals surface area contributed by atoms with E-state index in [-0.39, 0.29) is 11.8 Å². The van der Waals surface area contributed by atoms with Gasteiger partial charge in [0, 0.05) is 0 Å². The Kier molecular flexibility index (Phi) is 5.23. The van der Waals surface area contributed by atoms with Gasteiger partial charge < -0.3 is 4.74 Å². The molecule has 0 spiro atoms. The van der Waals surface area contributed by atoms with Gasteiger partial charge in [-0.2, -0.15) is 0 Å². The molecule has 0 aliphatic carbocycles. The SMILES string of the molecule is COc1ccc([C@@H]2[C@@H]3C(=O)N(c4cccc(C)c4)C(=O)[C@H]3ON2c2ccccc2)cc1Br. The average molecular weight is 493 g/mol. The van der Waals surface area contributed by atoms with Gasteiger partial charge in [0.15, 0.2) is 6.10 Å². The fourth-order valence-corrected chi connectivity index (χ4v) is 5.00. The van der Waals surface area contributed by atoms with Crippen molar-refractivity contribution in [1.29, 1.82) is 0 Å². The van der Waals surface area contributed by atoms with Crippen molar-refractivity contribution in [3.05, 3.63) is 88.4 Å². The topological polar surface area (TPSA) is 59.1 Å². The lowest BCUT2D eigenvalue weighted by molar-refractivity contribution is -0.126. The molecule has 5 rings (SSSR count). The zero-order chi connectivity index (χ0) is 22.4. The van der Waals surface area contributed by atoms with E-state index in [0.717, 1.165) is 21.3 Å². The first-order chi connectivity index (χ1) is 15.5. The first-order valence-corrected chi connectivity index (χ1v) is 11.1. The van der Waals surface area contributed by atoms with Crippen LogP contribution in [-0.4, -0.2) is 25.0 Å². The number of carbonyl (C=O) groups is 2. The third kappa shape index (κ3) is 3.29. The molecule has 0 radical (unpaired) electrons. The predicted molar refractivity (Wildman–Crippen MR) is 124 cm³/mol. The number of hydrogen-bond acceptors (Lipinski definition) is 5. The number of carbonyl (C=O) groups excluding carboxylic acids is 2. The number of amides is 2. The maximum Gasteiger partial charge on any atom is 0.266 e. The number of benzene rings is 3. The van der Waals surface area contributed by atoms with Crippen LogP contribution in [0.25, 0.3) is 0 Å². The lowest BCUT2D eigenvalue weighted by Crippen LogP contribution is -2.37. The van der Waals surface area contributed by atoms with Crippen molar-refractivity contribution in [2.24, 2.45) is 5.92 Å². The van der Waals surface area contributed by atoms with Crippen molar-refractivity contribution >= 4 is 39.1 Å². The van der Waals surface area contributed by atoms with Gasteiger partial charge in [-0.15, -0.1) is 0 Å². The number of hydrogen-bond donors (Lipinski definition) is 0. The van der Waals surface area contributed by atoms with Crippen LogP contribution in [0.3, 0.4) is 0 Å². The number of ether oxygens (including phenoxy) is 1. The zero-order valence-electron chi connectivity index (χ0n) is 17.6. The summed E-state index contributed by atoms with van der Waals surface area (Å²) in [7, 11) is 1.60. The fourth-order valence-electron chi connectivity index (χ4n) is 4.44. The number of imide groups is 1. The molecule has 0 aromatic heterocycles. The quantitative estimate of drug-likeness (QED) is 0.488. The van der Waals surface area contributed by atoms with E-state index in [1.165, 1.54) is 4.90 Å². The van der Waals surface area contributed by atoms with E-state index < -0.39 is 18.1 Å². The average Bonchev–Trinajstić information content (AvgIpc) is 3.30. The van der Waals surface area contributed by atoms with Crippen LogP contribution in [0.4, 0.5) is 11.4 Å². The third-order valence-electron chi connectivity index (χ3n) is 5.90. The Balaban J connectivity index is 1.60. The van der Waals surface area contributed by atoms with Crippen LogP contribution in [0, 0.1) is 12.8 Å². The molecule has 2 fully saturated rings. The summed E-state index contributed by atoms with van der Waals surface area (Å²) >= 11 is 3.54. The molecule has 0 bridgehead atoms. The normalized spacial score (nSPS) is 22.4. The Bertz CT molecular complexity index is 1200. The Hall–Kier alpha value is -3.16. The van der Waals surface area contributed by atoms with E-state index in [4.69, 9.17) is 9.57 Å². The van der Waals surface area contributed by atoms with Crippen LogP contribution in [0.1, 0.15) is 17.2 Å². The van der Waals surface area contributed by atoms with Gasteiger partial charge in [0.05, 0.1) is 29.0 Å². The minimum atomic E-state index is -0.894. The Morgan fingerprint density at radius 2 is 1.66 bits per heavy atom. The van der Waals surface area contributed by atoms with E-state index in [2.05, 4.69) is 15.9 Å². The molecule has 3 atom stereocenters. The number of hydroxylamine groups is 1. The molecule has 2 aliphatic rings. The smallest absolute Gasteiger partial charge is 0.266 e. The summed E-state index contributed by atoms with van der Waals surface area (Å²) < 4.78 is 6.13. The third-order valence-corrected chi connectivity index (χ3v) is 6.52. The van der Waals surface area contributed by atoms with Gasteiger partial charge in [-0.25, -0.2) is 9.96 Å². The summed E-state index contributed by atoms with van der Waals surface area (Å²) in [4.78, 5) is 34.4. The molecule has 2 saturated heterocycles. The van der Waals surface area contributed by atoms with Crippen LogP contribution in [0.15, 0.2) is 77.3 Å². The molecule has 7 heteroatoms. The summed E-state index contributed by atoms with van der Waals surface area (Å²) in [6, 6.07) is 22.1. The summed E-state index contributed by atoms with van der Waals surface area (Å²) in [5.41, 5.74) is 3.17. The molecular weight excluding hydrogens is 472 g/mol. The van der Waals surface area contributed by atoms with Gasteiger partial charge in [-0.05, 0) is 70.4 Å². The van der Waals surface area contributed by atoms with Crippen molar-refractivity contribution in [2.75, 3.05) is 17.1 Å². The van der Waals surface area contributed by atoms with E-state index in [9.17, 15) is 9.59 Å². The highest BCUT2D eigenvalue weighted by Crippen LogP contribution is 2.48. The second-order valence-electron chi connectivity index (χ2n) is 7.90. The van der Waals surface area contributed by atoms with Crippen LogP contribution >= 0.6 is 15.9 Å².